The highest BCUT2D eigenvalue weighted by Gasteiger charge is 2.36. The molecule has 3 nitrogen and oxygen atoms in total. The Bertz CT molecular complexity index is 263. The number of rotatable bonds is 4. The first kappa shape index (κ1) is 13.2. The van der Waals surface area contributed by atoms with Gasteiger partial charge in [0.15, 0.2) is 0 Å². The van der Waals surface area contributed by atoms with Crippen molar-refractivity contribution < 1.29 is 9.59 Å². The second-order valence-electron chi connectivity index (χ2n) is 4.95. The number of amides is 1. The number of ketones is 1. The van der Waals surface area contributed by atoms with Crippen LogP contribution in [0.3, 0.4) is 0 Å². The standard InChI is InChI=1S/C13H23NO2/c1-4-13(3,5-2)11(15)12(16)14-9-7-6-8-10-14/h4-10H2,1-3H3. The van der Waals surface area contributed by atoms with Crippen molar-refractivity contribution in [1.82, 2.24) is 4.90 Å². The maximum absolute atomic E-state index is 12.1. The predicted molar refractivity (Wildman–Crippen MR) is 64.1 cm³/mol. The summed E-state index contributed by atoms with van der Waals surface area (Å²) in [4.78, 5) is 25.9. The number of piperidine rings is 1. The van der Waals surface area contributed by atoms with E-state index in [0.717, 1.165) is 38.8 Å². The molecule has 1 heterocycles. The molecule has 1 fully saturated rings. The average Bonchev–Trinajstić information content (AvgIpc) is 2.37. The summed E-state index contributed by atoms with van der Waals surface area (Å²) in [5.74, 6) is -0.453. The van der Waals surface area contributed by atoms with Crippen LogP contribution in [0.5, 0.6) is 0 Å². The van der Waals surface area contributed by atoms with E-state index >= 15 is 0 Å². The molecule has 0 aromatic heterocycles. The van der Waals surface area contributed by atoms with E-state index in [-0.39, 0.29) is 11.7 Å². The Labute approximate surface area is 98.2 Å². The molecule has 0 radical (unpaired) electrons. The average molecular weight is 225 g/mol. The van der Waals surface area contributed by atoms with Gasteiger partial charge in [0, 0.05) is 18.5 Å². The molecular formula is C13H23NO2. The van der Waals surface area contributed by atoms with Crippen molar-refractivity contribution in [1.29, 1.82) is 0 Å². The van der Waals surface area contributed by atoms with Crippen molar-refractivity contribution in [2.75, 3.05) is 13.1 Å². The smallest absolute Gasteiger partial charge is 0.290 e. The van der Waals surface area contributed by atoms with E-state index in [2.05, 4.69) is 0 Å². The molecule has 92 valence electrons. The summed E-state index contributed by atoms with van der Waals surface area (Å²) in [6.07, 6.45) is 4.72. The van der Waals surface area contributed by atoms with Gasteiger partial charge in [-0.25, -0.2) is 0 Å². The first-order valence-electron chi connectivity index (χ1n) is 6.39. The molecule has 0 aromatic rings. The van der Waals surface area contributed by atoms with Crippen LogP contribution in [0.25, 0.3) is 0 Å². The first-order valence-corrected chi connectivity index (χ1v) is 6.39. The Morgan fingerprint density at radius 1 is 1.06 bits per heavy atom. The van der Waals surface area contributed by atoms with Gasteiger partial charge in [0.2, 0.25) is 5.78 Å². The number of carbonyl (C=O) groups is 2. The SMILES string of the molecule is CCC(C)(CC)C(=O)C(=O)N1CCCCC1. The van der Waals surface area contributed by atoms with Gasteiger partial charge in [0.1, 0.15) is 0 Å². The van der Waals surface area contributed by atoms with Crippen LogP contribution in [-0.2, 0) is 9.59 Å². The van der Waals surface area contributed by atoms with Gasteiger partial charge in [-0.3, -0.25) is 9.59 Å². The van der Waals surface area contributed by atoms with Crippen molar-refractivity contribution in [3.05, 3.63) is 0 Å². The van der Waals surface area contributed by atoms with Gasteiger partial charge in [0.05, 0.1) is 0 Å². The van der Waals surface area contributed by atoms with E-state index in [1.165, 1.54) is 6.42 Å². The lowest BCUT2D eigenvalue weighted by atomic mass is 9.79. The molecule has 1 aliphatic rings. The molecule has 0 saturated carbocycles. The maximum Gasteiger partial charge on any atom is 0.290 e. The molecule has 0 spiro atoms. The van der Waals surface area contributed by atoms with Crippen LogP contribution in [0.4, 0.5) is 0 Å². The predicted octanol–water partition coefficient (Wildman–Crippen LogP) is 2.39. The van der Waals surface area contributed by atoms with Crippen molar-refractivity contribution in [3.63, 3.8) is 0 Å². The second kappa shape index (κ2) is 5.46. The van der Waals surface area contributed by atoms with Gasteiger partial charge >= 0.3 is 0 Å². The van der Waals surface area contributed by atoms with Crippen molar-refractivity contribution in [2.24, 2.45) is 5.41 Å². The first-order chi connectivity index (χ1) is 7.55. The third-order valence-electron chi connectivity index (χ3n) is 3.95. The summed E-state index contributed by atoms with van der Waals surface area (Å²) in [5, 5.41) is 0. The quantitative estimate of drug-likeness (QED) is 0.689. The highest BCUT2D eigenvalue weighted by molar-refractivity contribution is 6.38. The van der Waals surface area contributed by atoms with Crippen molar-refractivity contribution in [3.8, 4) is 0 Å². The molecule has 0 unspecified atom stereocenters. The van der Waals surface area contributed by atoms with Gasteiger partial charge in [0.25, 0.3) is 5.91 Å². The fourth-order valence-electron chi connectivity index (χ4n) is 2.07. The van der Waals surface area contributed by atoms with Crippen LogP contribution in [-0.4, -0.2) is 29.7 Å². The van der Waals surface area contributed by atoms with Crippen LogP contribution in [0.2, 0.25) is 0 Å². The minimum absolute atomic E-state index is 0.195. The monoisotopic (exact) mass is 225 g/mol. The number of nitrogens with zero attached hydrogens (tertiary/aromatic N) is 1. The minimum Gasteiger partial charge on any atom is -0.336 e. The lowest BCUT2D eigenvalue weighted by molar-refractivity contribution is -0.150. The summed E-state index contributed by atoms with van der Waals surface area (Å²) >= 11 is 0. The van der Waals surface area contributed by atoms with Gasteiger partial charge in [-0.05, 0) is 32.1 Å². The maximum atomic E-state index is 12.1. The Morgan fingerprint density at radius 2 is 1.56 bits per heavy atom. The fraction of sp³-hybridized carbons (Fsp3) is 0.846. The van der Waals surface area contributed by atoms with Crippen LogP contribution >= 0.6 is 0 Å². The third-order valence-corrected chi connectivity index (χ3v) is 3.95. The fourth-order valence-corrected chi connectivity index (χ4v) is 2.07. The zero-order chi connectivity index (χ0) is 12.2. The van der Waals surface area contributed by atoms with Crippen LogP contribution in [0, 0.1) is 5.41 Å². The molecule has 1 aliphatic heterocycles. The second-order valence-corrected chi connectivity index (χ2v) is 4.95. The van der Waals surface area contributed by atoms with Crippen LogP contribution < -0.4 is 0 Å². The van der Waals surface area contributed by atoms with E-state index in [4.69, 9.17) is 0 Å². The normalized spacial score (nSPS) is 17.3. The van der Waals surface area contributed by atoms with E-state index in [1.807, 2.05) is 20.8 Å². The van der Waals surface area contributed by atoms with Crippen LogP contribution in [0.1, 0.15) is 52.9 Å². The van der Waals surface area contributed by atoms with Crippen LogP contribution in [0.15, 0.2) is 0 Å². The van der Waals surface area contributed by atoms with E-state index in [9.17, 15) is 9.59 Å². The summed E-state index contributed by atoms with van der Waals surface area (Å²) in [6, 6.07) is 0. The Morgan fingerprint density at radius 3 is 2.00 bits per heavy atom. The van der Waals surface area contributed by atoms with Gasteiger partial charge < -0.3 is 4.90 Å². The highest BCUT2D eigenvalue weighted by atomic mass is 16.2. The molecular weight excluding hydrogens is 202 g/mol. The number of hydrogen-bond acceptors (Lipinski definition) is 2. The number of likely N-dealkylation sites (tertiary alicyclic amines) is 1. The topological polar surface area (TPSA) is 37.4 Å². The summed E-state index contributed by atoms with van der Waals surface area (Å²) in [6.45, 7) is 7.37. The summed E-state index contributed by atoms with van der Waals surface area (Å²) in [7, 11) is 0. The Balaban J connectivity index is 2.68. The largest absolute Gasteiger partial charge is 0.336 e. The van der Waals surface area contributed by atoms with E-state index < -0.39 is 5.41 Å². The molecule has 0 aromatic carbocycles. The molecule has 1 amide bonds. The van der Waals surface area contributed by atoms with Crippen molar-refractivity contribution in [2.45, 2.75) is 52.9 Å². The van der Waals surface area contributed by atoms with Gasteiger partial charge in [-0.2, -0.15) is 0 Å². The molecule has 0 bridgehead atoms. The number of carbonyl (C=O) groups excluding carboxylic acids is 2. The molecule has 1 rings (SSSR count). The third kappa shape index (κ3) is 2.63. The van der Waals surface area contributed by atoms with E-state index in [0.29, 0.717) is 0 Å². The van der Waals surface area contributed by atoms with Gasteiger partial charge in [-0.15, -0.1) is 0 Å². The Kier molecular flexibility index (Phi) is 4.51. The molecule has 0 aliphatic carbocycles. The zero-order valence-electron chi connectivity index (χ0n) is 10.7. The molecule has 0 N–H and O–H groups in total. The molecule has 0 atom stereocenters. The highest BCUT2D eigenvalue weighted by Crippen LogP contribution is 2.27. The molecule has 1 saturated heterocycles. The van der Waals surface area contributed by atoms with Gasteiger partial charge in [-0.1, -0.05) is 20.8 Å². The molecule has 3 heteroatoms. The zero-order valence-corrected chi connectivity index (χ0v) is 10.7. The summed E-state index contributed by atoms with van der Waals surface area (Å²) in [5.41, 5.74) is -0.464. The van der Waals surface area contributed by atoms with E-state index in [1.54, 1.807) is 4.90 Å². The summed E-state index contributed by atoms with van der Waals surface area (Å²) < 4.78 is 0. The van der Waals surface area contributed by atoms with Crippen molar-refractivity contribution >= 4 is 11.7 Å². The lowest BCUT2D eigenvalue weighted by Crippen LogP contribution is -2.45. The number of Topliss-reactive ketones (excluding diaryl/α,β-unsaturated/α-hetero) is 1. The lowest BCUT2D eigenvalue weighted by Gasteiger charge is -2.31. The Hall–Kier alpha value is -0.860. The molecule has 16 heavy (non-hydrogen) atoms. The minimum atomic E-state index is -0.464. The number of hydrogen-bond donors (Lipinski definition) is 0.